The second kappa shape index (κ2) is 4.72. The average Bonchev–Trinajstić information content (AvgIpc) is 2.30. The topological polar surface area (TPSA) is 54.9 Å². The summed E-state index contributed by atoms with van der Waals surface area (Å²) in [7, 11) is 0. The quantitative estimate of drug-likeness (QED) is 0.867. The van der Waals surface area contributed by atoms with Gasteiger partial charge in [-0.15, -0.1) is 0 Å². The van der Waals surface area contributed by atoms with Gasteiger partial charge in [0, 0.05) is 17.4 Å². The first-order valence-corrected chi connectivity index (χ1v) is 4.97. The Morgan fingerprint density at radius 2 is 2.06 bits per heavy atom. The van der Waals surface area contributed by atoms with Crippen LogP contribution in [0.2, 0.25) is 5.02 Å². The zero-order valence-electron chi connectivity index (χ0n) is 8.22. The number of hydrogen-bond donors (Lipinski definition) is 1. The molecule has 0 aliphatic heterocycles. The number of amides is 1. The minimum atomic E-state index is -0.310. The lowest BCUT2D eigenvalue weighted by molar-refractivity contribution is 0.102. The van der Waals surface area contributed by atoms with Crippen molar-refractivity contribution in [2.45, 2.75) is 0 Å². The van der Waals surface area contributed by atoms with Crippen LogP contribution in [0.15, 0.2) is 42.7 Å². The molecular weight excluding hydrogens is 226 g/mol. The van der Waals surface area contributed by atoms with E-state index < -0.39 is 0 Å². The molecule has 2 rings (SSSR count). The minimum absolute atomic E-state index is 0.310. The Kier molecular flexibility index (Phi) is 3.12. The van der Waals surface area contributed by atoms with Crippen LogP contribution in [0, 0.1) is 0 Å². The second-order valence-electron chi connectivity index (χ2n) is 3.03. The summed E-state index contributed by atoms with van der Waals surface area (Å²) in [5, 5.41) is 3.12. The molecule has 0 fully saturated rings. The van der Waals surface area contributed by atoms with Crippen LogP contribution in [0.1, 0.15) is 10.5 Å². The summed E-state index contributed by atoms with van der Waals surface area (Å²) in [4.78, 5) is 19.6. The van der Waals surface area contributed by atoms with E-state index in [2.05, 4.69) is 15.3 Å². The predicted octanol–water partition coefficient (Wildman–Crippen LogP) is 2.38. The molecule has 0 spiro atoms. The number of rotatable bonds is 2. The fourth-order valence-electron chi connectivity index (χ4n) is 1.15. The third-order valence-electron chi connectivity index (χ3n) is 1.86. The molecule has 0 aliphatic carbocycles. The lowest BCUT2D eigenvalue weighted by Gasteiger charge is -2.03. The fraction of sp³-hybridized carbons (Fsp3) is 0. The molecule has 16 heavy (non-hydrogen) atoms. The largest absolute Gasteiger partial charge is 0.305 e. The van der Waals surface area contributed by atoms with Crippen molar-refractivity contribution in [3.05, 3.63) is 53.4 Å². The molecule has 1 amide bonds. The molecule has 0 radical (unpaired) electrons. The van der Waals surface area contributed by atoms with Gasteiger partial charge in [-0.25, -0.2) is 4.98 Å². The first-order chi connectivity index (χ1) is 7.75. The zero-order valence-corrected chi connectivity index (χ0v) is 8.98. The summed E-state index contributed by atoms with van der Waals surface area (Å²) in [6.45, 7) is 0. The molecule has 2 heterocycles. The highest BCUT2D eigenvalue weighted by molar-refractivity contribution is 6.30. The van der Waals surface area contributed by atoms with Crippen molar-refractivity contribution in [2.75, 3.05) is 5.32 Å². The Balaban J connectivity index is 2.14. The van der Waals surface area contributed by atoms with Gasteiger partial charge in [-0.05, 0) is 24.3 Å². The van der Waals surface area contributed by atoms with Gasteiger partial charge in [0.2, 0.25) is 0 Å². The third kappa shape index (κ3) is 2.55. The molecule has 5 heteroatoms. The number of pyridine rings is 2. The van der Waals surface area contributed by atoms with E-state index in [-0.39, 0.29) is 5.91 Å². The summed E-state index contributed by atoms with van der Waals surface area (Å²) in [5.41, 5.74) is 0.337. The lowest BCUT2D eigenvalue weighted by atomic mass is 10.3. The van der Waals surface area contributed by atoms with E-state index in [1.165, 1.54) is 6.20 Å². The van der Waals surface area contributed by atoms with Crippen LogP contribution in [-0.2, 0) is 0 Å². The van der Waals surface area contributed by atoms with Crippen molar-refractivity contribution in [3.8, 4) is 0 Å². The van der Waals surface area contributed by atoms with Gasteiger partial charge < -0.3 is 5.32 Å². The minimum Gasteiger partial charge on any atom is -0.305 e. The molecule has 0 aliphatic rings. The van der Waals surface area contributed by atoms with Gasteiger partial charge in [0.15, 0.2) is 0 Å². The molecular formula is C11H8ClN3O. The zero-order chi connectivity index (χ0) is 11.4. The number of halogens is 1. The maximum Gasteiger partial charge on any atom is 0.275 e. The predicted molar refractivity (Wildman–Crippen MR) is 61.4 cm³/mol. The first kappa shape index (κ1) is 10.6. The third-order valence-corrected chi connectivity index (χ3v) is 2.10. The monoisotopic (exact) mass is 233 g/mol. The number of carbonyl (C=O) groups excluding carboxylic acids is 1. The van der Waals surface area contributed by atoms with Crippen molar-refractivity contribution >= 4 is 23.3 Å². The first-order valence-electron chi connectivity index (χ1n) is 4.59. The second-order valence-corrected chi connectivity index (χ2v) is 3.46. The molecule has 0 saturated heterocycles. The maximum absolute atomic E-state index is 11.7. The van der Waals surface area contributed by atoms with E-state index in [4.69, 9.17) is 11.6 Å². The van der Waals surface area contributed by atoms with Crippen molar-refractivity contribution in [3.63, 3.8) is 0 Å². The van der Waals surface area contributed by atoms with Gasteiger partial charge in [0.05, 0.1) is 0 Å². The van der Waals surface area contributed by atoms with Gasteiger partial charge in [0.1, 0.15) is 11.5 Å². The van der Waals surface area contributed by atoms with Gasteiger partial charge in [-0.3, -0.25) is 9.78 Å². The van der Waals surface area contributed by atoms with Crippen LogP contribution < -0.4 is 5.32 Å². The SMILES string of the molecule is O=C(Nc1cc(Cl)ccn1)c1ccccn1. The van der Waals surface area contributed by atoms with Crippen molar-refractivity contribution in [1.82, 2.24) is 9.97 Å². The van der Waals surface area contributed by atoms with Crippen LogP contribution >= 0.6 is 11.6 Å². The molecule has 80 valence electrons. The van der Waals surface area contributed by atoms with Crippen LogP contribution in [0.5, 0.6) is 0 Å². The Bertz CT molecular complexity index is 502. The molecule has 2 aromatic rings. The highest BCUT2D eigenvalue weighted by atomic mass is 35.5. The van der Waals surface area contributed by atoms with Crippen LogP contribution in [0.25, 0.3) is 0 Å². The van der Waals surface area contributed by atoms with Crippen molar-refractivity contribution in [2.24, 2.45) is 0 Å². The number of aromatic nitrogens is 2. The Labute approximate surface area is 97.3 Å². The molecule has 0 saturated carbocycles. The Hall–Kier alpha value is -1.94. The van der Waals surface area contributed by atoms with Gasteiger partial charge in [-0.1, -0.05) is 17.7 Å². The Morgan fingerprint density at radius 1 is 1.19 bits per heavy atom. The number of anilines is 1. The van der Waals surface area contributed by atoms with Crippen molar-refractivity contribution < 1.29 is 4.79 Å². The molecule has 0 unspecified atom stereocenters. The van der Waals surface area contributed by atoms with E-state index in [0.717, 1.165) is 0 Å². The molecule has 0 aromatic carbocycles. The van der Waals surface area contributed by atoms with Crippen LogP contribution in [0.4, 0.5) is 5.82 Å². The fourth-order valence-corrected chi connectivity index (χ4v) is 1.31. The molecule has 4 nitrogen and oxygen atoms in total. The smallest absolute Gasteiger partial charge is 0.275 e. The number of nitrogens with zero attached hydrogens (tertiary/aromatic N) is 2. The van der Waals surface area contributed by atoms with E-state index in [1.54, 1.807) is 36.5 Å². The Morgan fingerprint density at radius 3 is 2.75 bits per heavy atom. The summed E-state index contributed by atoms with van der Waals surface area (Å²) in [6.07, 6.45) is 3.08. The molecule has 1 N–H and O–H groups in total. The average molecular weight is 234 g/mol. The van der Waals surface area contributed by atoms with Crippen LogP contribution in [0.3, 0.4) is 0 Å². The van der Waals surface area contributed by atoms with E-state index >= 15 is 0 Å². The summed E-state index contributed by atoms with van der Waals surface area (Å²) >= 11 is 5.77. The standard InChI is InChI=1S/C11H8ClN3O/c12-8-4-6-14-10(7-8)15-11(16)9-3-1-2-5-13-9/h1-7H,(H,14,15,16). The summed E-state index contributed by atoms with van der Waals surface area (Å²) < 4.78 is 0. The molecule has 0 atom stereocenters. The van der Waals surface area contributed by atoms with Gasteiger partial charge >= 0.3 is 0 Å². The van der Waals surface area contributed by atoms with E-state index in [1.807, 2.05) is 0 Å². The molecule has 0 bridgehead atoms. The number of hydrogen-bond acceptors (Lipinski definition) is 3. The van der Waals surface area contributed by atoms with Crippen molar-refractivity contribution in [1.29, 1.82) is 0 Å². The highest BCUT2D eigenvalue weighted by Crippen LogP contribution is 2.12. The summed E-state index contributed by atoms with van der Waals surface area (Å²) in [5.74, 6) is 0.0959. The van der Waals surface area contributed by atoms with E-state index in [9.17, 15) is 4.79 Å². The van der Waals surface area contributed by atoms with Crippen LogP contribution in [-0.4, -0.2) is 15.9 Å². The normalized spacial score (nSPS) is 9.81. The maximum atomic E-state index is 11.7. The number of carbonyl (C=O) groups is 1. The van der Waals surface area contributed by atoms with Gasteiger partial charge in [0.25, 0.3) is 5.91 Å². The lowest BCUT2D eigenvalue weighted by Crippen LogP contribution is -2.14. The van der Waals surface area contributed by atoms with E-state index in [0.29, 0.717) is 16.5 Å². The number of nitrogens with one attached hydrogen (secondary N) is 1. The summed E-state index contributed by atoms with van der Waals surface area (Å²) in [6, 6.07) is 8.32. The molecule has 2 aromatic heterocycles. The van der Waals surface area contributed by atoms with Gasteiger partial charge in [-0.2, -0.15) is 0 Å². The highest BCUT2D eigenvalue weighted by Gasteiger charge is 2.07.